The van der Waals surface area contributed by atoms with Gasteiger partial charge in [0.2, 0.25) is 10.0 Å². The number of hydrogen-bond acceptors (Lipinski definition) is 4. The predicted octanol–water partition coefficient (Wildman–Crippen LogP) is 1.00. The zero-order valence-electron chi connectivity index (χ0n) is 10.0. The number of hydrogen-bond donors (Lipinski definition) is 2. The van der Waals surface area contributed by atoms with E-state index in [1.807, 2.05) is 0 Å². The molecule has 18 heavy (non-hydrogen) atoms. The number of carbonyl (C=O) groups is 1. The average molecular weight is 272 g/mol. The molecule has 6 nitrogen and oxygen atoms in total. The number of pyridine rings is 1. The van der Waals surface area contributed by atoms with Gasteiger partial charge in [-0.15, -0.1) is 0 Å². The summed E-state index contributed by atoms with van der Waals surface area (Å²) in [6, 6.07) is 2.69. The summed E-state index contributed by atoms with van der Waals surface area (Å²) >= 11 is 0. The van der Waals surface area contributed by atoms with Crippen LogP contribution in [0.5, 0.6) is 0 Å². The third-order valence-corrected chi connectivity index (χ3v) is 3.90. The van der Waals surface area contributed by atoms with Gasteiger partial charge in [-0.25, -0.2) is 13.1 Å². The molecular formula is C11H16N2O4S. The van der Waals surface area contributed by atoms with E-state index in [0.717, 1.165) is 0 Å². The molecule has 0 fully saturated rings. The van der Waals surface area contributed by atoms with E-state index < -0.39 is 16.0 Å². The number of rotatable bonds is 7. The van der Waals surface area contributed by atoms with Crippen LogP contribution in [0.3, 0.4) is 0 Å². The number of aromatic nitrogens is 1. The van der Waals surface area contributed by atoms with Crippen LogP contribution in [-0.4, -0.2) is 30.5 Å². The minimum atomic E-state index is -3.57. The molecule has 1 heterocycles. The van der Waals surface area contributed by atoms with Gasteiger partial charge in [0, 0.05) is 24.9 Å². The largest absolute Gasteiger partial charge is 0.481 e. The lowest BCUT2D eigenvalue weighted by Crippen LogP contribution is -2.32. The Kier molecular flexibility index (Phi) is 5.24. The Morgan fingerprint density at radius 1 is 1.56 bits per heavy atom. The number of nitrogens with one attached hydrogen (secondary N) is 1. The van der Waals surface area contributed by atoms with Crippen LogP contribution in [0.25, 0.3) is 0 Å². The normalized spacial score (nSPS) is 13.2. The van der Waals surface area contributed by atoms with Crippen LogP contribution in [0.4, 0.5) is 0 Å². The van der Waals surface area contributed by atoms with Gasteiger partial charge in [0.1, 0.15) is 4.90 Å². The second-order valence-electron chi connectivity index (χ2n) is 4.00. The fourth-order valence-electron chi connectivity index (χ4n) is 1.46. The van der Waals surface area contributed by atoms with Crippen molar-refractivity contribution < 1.29 is 18.3 Å². The van der Waals surface area contributed by atoms with E-state index in [1.165, 1.54) is 18.5 Å². The first-order valence-corrected chi connectivity index (χ1v) is 7.04. The molecule has 0 aliphatic heterocycles. The van der Waals surface area contributed by atoms with Gasteiger partial charge in [0.25, 0.3) is 0 Å². The highest BCUT2D eigenvalue weighted by Crippen LogP contribution is 2.09. The minimum absolute atomic E-state index is 0.0406. The zero-order valence-corrected chi connectivity index (χ0v) is 10.9. The van der Waals surface area contributed by atoms with Crippen LogP contribution in [0.1, 0.15) is 26.2 Å². The molecule has 1 aromatic heterocycles. The molecule has 0 aromatic carbocycles. The first-order valence-electron chi connectivity index (χ1n) is 5.56. The molecule has 0 spiro atoms. The lowest BCUT2D eigenvalue weighted by molar-refractivity contribution is -0.137. The monoisotopic (exact) mass is 272 g/mol. The fraction of sp³-hybridized carbons (Fsp3) is 0.455. The summed E-state index contributed by atoms with van der Waals surface area (Å²) in [6.45, 7) is 1.70. The lowest BCUT2D eigenvalue weighted by atomic mass is 10.1. The van der Waals surface area contributed by atoms with E-state index in [9.17, 15) is 13.2 Å². The van der Waals surface area contributed by atoms with Crippen LogP contribution in [0.15, 0.2) is 29.4 Å². The summed E-state index contributed by atoms with van der Waals surface area (Å²) < 4.78 is 26.2. The van der Waals surface area contributed by atoms with Crippen LogP contribution >= 0.6 is 0 Å². The maximum Gasteiger partial charge on any atom is 0.303 e. The Bertz CT molecular complexity index is 487. The molecule has 7 heteroatoms. The van der Waals surface area contributed by atoms with Crippen molar-refractivity contribution in [2.24, 2.45) is 0 Å². The molecule has 100 valence electrons. The van der Waals surface area contributed by atoms with Crippen molar-refractivity contribution in [3.05, 3.63) is 24.5 Å². The zero-order chi connectivity index (χ0) is 13.6. The molecule has 1 aromatic rings. The van der Waals surface area contributed by atoms with Gasteiger partial charge < -0.3 is 5.11 Å². The Balaban J connectivity index is 2.53. The number of carboxylic acid groups (broad SMARTS) is 1. The smallest absolute Gasteiger partial charge is 0.303 e. The third kappa shape index (κ3) is 4.80. The van der Waals surface area contributed by atoms with E-state index in [4.69, 9.17) is 5.11 Å². The summed E-state index contributed by atoms with van der Waals surface area (Å²) in [5, 5.41) is 8.49. The molecule has 0 amide bonds. The van der Waals surface area contributed by atoms with Gasteiger partial charge in [-0.2, -0.15) is 0 Å². The predicted molar refractivity (Wildman–Crippen MR) is 65.5 cm³/mol. The maximum atomic E-state index is 11.9. The van der Waals surface area contributed by atoms with Crippen LogP contribution < -0.4 is 4.72 Å². The van der Waals surface area contributed by atoms with Crippen molar-refractivity contribution in [3.8, 4) is 0 Å². The molecule has 1 atom stereocenters. The molecule has 0 aliphatic carbocycles. The fourth-order valence-corrected chi connectivity index (χ4v) is 2.70. The molecular weight excluding hydrogens is 256 g/mol. The molecule has 1 rings (SSSR count). The highest BCUT2D eigenvalue weighted by Gasteiger charge is 2.17. The quantitative estimate of drug-likeness (QED) is 0.772. The van der Waals surface area contributed by atoms with Crippen LogP contribution in [-0.2, 0) is 14.8 Å². The Labute approximate surface area is 106 Å². The van der Waals surface area contributed by atoms with Crippen molar-refractivity contribution in [1.29, 1.82) is 0 Å². The van der Waals surface area contributed by atoms with Crippen molar-refractivity contribution in [2.45, 2.75) is 37.1 Å². The van der Waals surface area contributed by atoms with E-state index in [0.29, 0.717) is 12.8 Å². The number of carboxylic acids is 1. The van der Waals surface area contributed by atoms with Gasteiger partial charge in [-0.05, 0) is 31.9 Å². The highest BCUT2D eigenvalue weighted by atomic mass is 32.2. The highest BCUT2D eigenvalue weighted by molar-refractivity contribution is 7.89. The van der Waals surface area contributed by atoms with Gasteiger partial charge in [0.05, 0.1) is 0 Å². The van der Waals surface area contributed by atoms with E-state index >= 15 is 0 Å². The SMILES string of the molecule is CC(CCCC(=O)O)NS(=O)(=O)c1cccnc1. The summed E-state index contributed by atoms with van der Waals surface area (Å²) in [7, 11) is -3.57. The first kappa shape index (κ1) is 14.6. The molecule has 0 radical (unpaired) electrons. The lowest BCUT2D eigenvalue weighted by Gasteiger charge is -2.13. The second-order valence-corrected chi connectivity index (χ2v) is 5.71. The average Bonchev–Trinajstić information content (AvgIpc) is 2.29. The summed E-state index contributed by atoms with van der Waals surface area (Å²) in [6.07, 6.45) is 3.72. The van der Waals surface area contributed by atoms with E-state index in [1.54, 1.807) is 13.0 Å². The van der Waals surface area contributed by atoms with Crippen molar-refractivity contribution in [1.82, 2.24) is 9.71 Å². The summed E-state index contributed by atoms with van der Waals surface area (Å²) in [5.74, 6) is -0.877. The number of sulfonamides is 1. The third-order valence-electron chi connectivity index (χ3n) is 2.33. The molecule has 0 saturated heterocycles. The topological polar surface area (TPSA) is 96.4 Å². The molecule has 0 aliphatic rings. The molecule has 0 saturated carbocycles. The first-order chi connectivity index (χ1) is 8.42. The Hall–Kier alpha value is -1.47. The van der Waals surface area contributed by atoms with Gasteiger partial charge >= 0.3 is 5.97 Å². The summed E-state index contributed by atoms with van der Waals surface area (Å²) in [5.41, 5.74) is 0. The number of aliphatic carboxylic acids is 1. The van der Waals surface area contributed by atoms with Gasteiger partial charge in [-0.1, -0.05) is 0 Å². The summed E-state index contributed by atoms with van der Waals surface area (Å²) in [4.78, 5) is 14.2. The minimum Gasteiger partial charge on any atom is -0.481 e. The van der Waals surface area contributed by atoms with E-state index in [2.05, 4.69) is 9.71 Å². The maximum absolute atomic E-state index is 11.9. The van der Waals surface area contributed by atoms with Crippen molar-refractivity contribution >= 4 is 16.0 Å². The van der Waals surface area contributed by atoms with Crippen molar-refractivity contribution in [3.63, 3.8) is 0 Å². The van der Waals surface area contributed by atoms with E-state index in [-0.39, 0.29) is 17.4 Å². The second kappa shape index (κ2) is 6.46. The number of nitrogens with zero attached hydrogens (tertiary/aromatic N) is 1. The molecule has 1 unspecified atom stereocenters. The Morgan fingerprint density at radius 2 is 2.28 bits per heavy atom. The van der Waals surface area contributed by atoms with Gasteiger partial charge in [-0.3, -0.25) is 9.78 Å². The van der Waals surface area contributed by atoms with Crippen molar-refractivity contribution in [2.75, 3.05) is 0 Å². The molecule has 2 N–H and O–H groups in total. The molecule has 0 bridgehead atoms. The Morgan fingerprint density at radius 3 is 2.83 bits per heavy atom. The van der Waals surface area contributed by atoms with Crippen LogP contribution in [0.2, 0.25) is 0 Å². The standard InChI is InChI=1S/C11H16N2O4S/c1-9(4-2-6-11(14)15)13-18(16,17)10-5-3-7-12-8-10/h3,5,7-9,13H,2,4,6H2,1H3,(H,14,15). The van der Waals surface area contributed by atoms with Gasteiger partial charge in [0.15, 0.2) is 0 Å². The van der Waals surface area contributed by atoms with Crippen LogP contribution in [0, 0.1) is 0 Å².